The lowest BCUT2D eigenvalue weighted by atomic mass is 10.1. The molecular formula is C8H16N2O2. The van der Waals surface area contributed by atoms with Crippen LogP contribution in [0.1, 0.15) is 13.8 Å². The minimum absolute atomic E-state index is 0.247. The summed E-state index contributed by atoms with van der Waals surface area (Å²) in [6.07, 6.45) is 0. The van der Waals surface area contributed by atoms with Crippen LogP contribution in [0.3, 0.4) is 0 Å². The first kappa shape index (κ1) is 11.4. The molecule has 0 aliphatic carbocycles. The normalized spacial score (nSPS) is 15.2. The molecule has 12 heavy (non-hydrogen) atoms. The minimum Gasteiger partial charge on any atom is -0.379 e. The Morgan fingerprint density at radius 2 is 2.00 bits per heavy atom. The summed E-state index contributed by atoms with van der Waals surface area (Å²) < 4.78 is 10.2. The Bertz CT molecular complexity index is 152. The molecule has 0 aromatic carbocycles. The van der Waals surface area contributed by atoms with E-state index < -0.39 is 5.54 Å². The molecule has 0 rings (SSSR count). The second-order valence-corrected chi connectivity index (χ2v) is 2.78. The monoisotopic (exact) mass is 172 g/mol. The third kappa shape index (κ3) is 6.10. The van der Waals surface area contributed by atoms with Gasteiger partial charge in [-0.25, -0.2) is 0 Å². The van der Waals surface area contributed by atoms with Crippen LogP contribution < -0.4 is 5.73 Å². The van der Waals surface area contributed by atoms with Crippen LogP contribution in [0.2, 0.25) is 0 Å². The summed E-state index contributed by atoms with van der Waals surface area (Å²) in [6.45, 7) is 5.52. The first-order chi connectivity index (χ1) is 5.62. The average Bonchev–Trinajstić information content (AvgIpc) is 2.04. The lowest BCUT2D eigenvalue weighted by Crippen LogP contribution is -2.39. The molecule has 4 heteroatoms. The van der Waals surface area contributed by atoms with Crippen molar-refractivity contribution < 1.29 is 9.47 Å². The summed E-state index contributed by atoms with van der Waals surface area (Å²) in [5, 5.41) is 8.51. The van der Waals surface area contributed by atoms with E-state index in [1.54, 1.807) is 6.92 Å². The van der Waals surface area contributed by atoms with E-state index >= 15 is 0 Å². The van der Waals surface area contributed by atoms with Crippen molar-refractivity contribution in [1.82, 2.24) is 0 Å². The van der Waals surface area contributed by atoms with Gasteiger partial charge in [-0.3, -0.25) is 0 Å². The van der Waals surface area contributed by atoms with Gasteiger partial charge in [0, 0.05) is 6.61 Å². The van der Waals surface area contributed by atoms with Gasteiger partial charge >= 0.3 is 0 Å². The highest BCUT2D eigenvalue weighted by molar-refractivity contribution is 5.00. The Balaban J connectivity index is 3.27. The van der Waals surface area contributed by atoms with E-state index in [1.807, 2.05) is 13.0 Å². The van der Waals surface area contributed by atoms with Crippen LogP contribution >= 0.6 is 0 Å². The molecule has 0 aromatic heterocycles. The van der Waals surface area contributed by atoms with Crippen molar-refractivity contribution in [3.8, 4) is 6.07 Å². The molecule has 2 N–H and O–H groups in total. The maximum absolute atomic E-state index is 8.51. The third-order valence-electron chi connectivity index (χ3n) is 1.23. The fraction of sp³-hybridized carbons (Fsp3) is 0.875. The molecule has 0 heterocycles. The molecule has 70 valence electrons. The van der Waals surface area contributed by atoms with Gasteiger partial charge < -0.3 is 15.2 Å². The van der Waals surface area contributed by atoms with Crippen molar-refractivity contribution in [1.29, 1.82) is 5.26 Å². The highest BCUT2D eigenvalue weighted by atomic mass is 16.5. The van der Waals surface area contributed by atoms with Gasteiger partial charge in [-0.05, 0) is 13.8 Å². The zero-order valence-electron chi connectivity index (χ0n) is 7.67. The molecule has 0 amide bonds. The van der Waals surface area contributed by atoms with E-state index in [2.05, 4.69) is 0 Å². The second-order valence-electron chi connectivity index (χ2n) is 2.78. The largest absolute Gasteiger partial charge is 0.379 e. The van der Waals surface area contributed by atoms with E-state index in [9.17, 15) is 0 Å². The lowest BCUT2D eigenvalue weighted by Gasteiger charge is -2.14. The van der Waals surface area contributed by atoms with Gasteiger partial charge in [0.05, 0.1) is 25.9 Å². The van der Waals surface area contributed by atoms with Crippen LogP contribution in [0, 0.1) is 11.3 Å². The van der Waals surface area contributed by atoms with E-state index in [4.69, 9.17) is 20.5 Å². The summed E-state index contributed by atoms with van der Waals surface area (Å²) in [4.78, 5) is 0. The summed E-state index contributed by atoms with van der Waals surface area (Å²) in [6, 6.07) is 1.94. The molecule has 0 aliphatic rings. The number of nitrogens with zero attached hydrogens (tertiary/aromatic N) is 1. The zero-order valence-corrected chi connectivity index (χ0v) is 7.67. The van der Waals surface area contributed by atoms with Crippen molar-refractivity contribution in [2.75, 3.05) is 26.4 Å². The summed E-state index contributed by atoms with van der Waals surface area (Å²) in [7, 11) is 0. The van der Waals surface area contributed by atoms with Gasteiger partial charge in [-0.2, -0.15) is 5.26 Å². The van der Waals surface area contributed by atoms with E-state index in [0.717, 1.165) is 0 Å². The third-order valence-corrected chi connectivity index (χ3v) is 1.23. The van der Waals surface area contributed by atoms with Gasteiger partial charge in [-0.15, -0.1) is 0 Å². The molecule has 4 nitrogen and oxygen atoms in total. The van der Waals surface area contributed by atoms with Crippen molar-refractivity contribution in [2.24, 2.45) is 5.73 Å². The molecule has 0 radical (unpaired) electrons. The predicted molar refractivity (Wildman–Crippen MR) is 45.5 cm³/mol. The van der Waals surface area contributed by atoms with Crippen LogP contribution in [0.4, 0.5) is 0 Å². The Hall–Kier alpha value is -0.630. The first-order valence-corrected chi connectivity index (χ1v) is 3.98. The molecule has 0 saturated heterocycles. The average molecular weight is 172 g/mol. The zero-order chi connectivity index (χ0) is 9.45. The Labute approximate surface area is 73.3 Å². The van der Waals surface area contributed by atoms with Gasteiger partial charge in [0.25, 0.3) is 0 Å². The molecule has 0 spiro atoms. The predicted octanol–water partition coefficient (Wildman–Crippen LogP) is 0.280. The molecule has 1 atom stereocenters. The van der Waals surface area contributed by atoms with E-state index in [-0.39, 0.29) is 6.61 Å². The Kier molecular flexibility index (Phi) is 5.64. The van der Waals surface area contributed by atoms with Crippen molar-refractivity contribution in [2.45, 2.75) is 19.4 Å². The molecule has 1 unspecified atom stereocenters. The molecule has 0 bridgehead atoms. The maximum Gasteiger partial charge on any atom is 0.124 e. The van der Waals surface area contributed by atoms with Gasteiger partial charge in [-0.1, -0.05) is 0 Å². The van der Waals surface area contributed by atoms with Crippen LogP contribution in [0.25, 0.3) is 0 Å². The Morgan fingerprint density at radius 1 is 1.42 bits per heavy atom. The van der Waals surface area contributed by atoms with Crippen molar-refractivity contribution in [3.05, 3.63) is 0 Å². The van der Waals surface area contributed by atoms with Crippen LogP contribution in [-0.2, 0) is 9.47 Å². The minimum atomic E-state index is -0.883. The number of nitrogens with two attached hydrogens (primary N) is 1. The molecule has 0 aliphatic heterocycles. The molecular weight excluding hydrogens is 156 g/mol. The smallest absolute Gasteiger partial charge is 0.124 e. The highest BCUT2D eigenvalue weighted by Crippen LogP contribution is 1.96. The Morgan fingerprint density at radius 3 is 2.50 bits per heavy atom. The van der Waals surface area contributed by atoms with E-state index in [1.165, 1.54) is 0 Å². The number of nitriles is 1. The number of hydrogen-bond acceptors (Lipinski definition) is 4. The maximum atomic E-state index is 8.51. The number of hydrogen-bond donors (Lipinski definition) is 1. The van der Waals surface area contributed by atoms with Gasteiger partial charge in [0.15, 0.2) is 0 Å². The lowest BCUT2D eigenvalue weighted by molar-refractivity contribution is 0.0415. The molecule has 0 fully saturated rings. The highest BCUT2D eigenvalue weighted by Gasteiger charge is 2.16. The van der Waals surface area contributed by atoms with Crippen LogP contribution in [-0.4, -0.2) is 32.0 Å². The van der Waals surface area contributed by atoms with Crippen LogP contribution in [0.15, 0.2) is 0 Å². The summed E-state index contributed by atoms with van der Waals surface area (Å²) in [5.41, 5.74) is 4.62. The fourth-order valence-electron chi connectivity index (χ4n) is 0.579. The van der Waals surface area contributed by atoms with Crippen LogP contribution in [0.5, 0.6) is 0 Å². The number of rotatable bonds is 6. The number of ether oxygens (including phenoxy) is 2. The van der Waals surface area contributed by atoms with Crippen molar-refractivity contribution >= 4 is 0 Å². The SMILES string of the molecule is CCOCCOCC(C)(N)C#N. The summed E-state index contributed by atoms with van der Waals surface area (Å²) in [5.74, 6) is 0. The fourth-order valence-corrected chi connectivity index (χ4v) is 0.579. The molecule has 0 aromatic rings. The van der Waals surface area contributed by atoms with Gasteiger partial charge in [0.2, 0.25) is 0 Å². The van der Waals surface area contributed by atoms with Gasteiger partial charge in [0.1, 0.15) is 5.54 Å². The summed E-state index contributed by atoms with van der Waals surface area (Å²) >= 11 is 0. The molecule has 0 saturated carbocycles. The topological polar surface area (TPSA) is 68.3 Å². The quantitative estimate of drug-likeness (QED) is 0.584. The van der Waals surface area contributed by atoms with E-state index in [0.29, 0.717) is 19.8 Å². The van der Waals surface area contributed by atoms with Crippen molar-refractivity contribution in [3.63, 3.8) is 0 Å². The first-order valence-electron chi connectivity index (χ1n) is 3.98. The standard InChI is InChI=1S/C8H16N2O2/c1-3-11-4-5-12-7-8(2,10)6-9/h3-5,7,10H2,1-2H3. The second kappa shape index (κ2) is 5.95.